The molecule has 0 bridgehead atoms. The number of aromatic nitrogens is 1. The van der Waals surface area contributed by atoms with E-state index in [4.69, 9.17) is 9.47 Å². The number of hydrogen-bond donors (Lipinski definition) is 4. The molecule has 1 fully saturated rings. The number of aryl methyl sites for hydroxylation is 1. The lowest BCUT2D eigenvalue weighted by Crippen LogP contribution is -2.27. The maximum Gasteiger partial charge on any atom is 0.161 e. The van der Waals surface area contributed by atoms with Gasteiger partial charge in [0, 0.05) is 25.2 Å². The molecular formula is C31H39NO6. The van der Waals surface area contributed by atoms with E-state index in [-0.39, 0.29) is 35.7 Å². The molecule has 7 heteroatoms. The van der Waals surface area contributed by atoms with E-state index in [1.54, 1.807) is 24.3 Å². The molecule has 1 aliphatic rings. The molecule has 2 atom stereocenters. The van der Waals surface area contributed by atoms with Crippen LogP contribution in [0.2, 0.25) is 0 Å². The minimum absolute atomic E-state index is 0.0179. The van der Waals surface area contributed by atoms with Crippen molar-refractivity contribution >= 4 is 5.78 Å². The van der Waals surface area contributed by atoms with E-state index in [0.717, 1.165) is 42.4 Å². The molecule has 0 radical (unpaired) electrons. The number of carbonyl (C=O) groups is 1. The molecule has 4 rings (SSSR count). The number of benzene rings is 2. The Balaban J connectivity index is 1.40. The zero-order chi connectivity index (χ0) is 26.9. The Labute approximate surface area is 224 Å². The van der Waals surface area contributed by atoms with Crippen LogP contribution in [0.1, 0.15) is 61.6 Å². The minimum atomic E-state index is -0.816. The highest BCUT2D eigenvalue weighted by Gasteiger charge is 2.24. The first-order valence-corrected chi connectivity index (χ1v) is 13.6. The number of ketones is 1. The van der Waals surface area contributed by atoms with E-state index in [0.29, 0.717) is 37.2 Å². The molecule has 2 aromatic carbocycles. The smallest absolute Gasteiger partial charge is 0.161 e. The lowest BCUT2D eigenvalue weighted by Gasteiger charge is -2.25. The molecule has 38 heavy (non-hydrogen) atoms. The highest BCUT2D eigenvalue weighted by Crippen LogP contribution is 2.33. The van der Waals surface area contributed by atoms with Gasteiger partial charge in [0.05, 0.1) is 19.3 Å². The molecule has 1 heterocycles. The summed E-state index contributed by atoms with van der Waals surface area (Å²) < 4.78 is 11.3. The standard InChI is InChI=1S/C31H39NO6/c1-37-30-17-21(8-11-27(30)34)7-10-25(33)19-29(36)24(16-23-13-14-32-20-23)15-22-9-12-28(35)31(18-22)38-26-5-3-2-4-6-26/h8-9,11-14,17-18,20,24,26,29,32,34-36H,2-7,10,15-16,19H2,1H3/t24-,29+/m0/s1. The van der Waals surface area contributed by atoms with Crippen molar-refractivity contribution in [2.45, 2.75) is 76.4 Å². The zero-order valence-electron chi connectivity index (χ0n) is 22.1. The van der Waals surface area contributed by atoms with Gasteiger partial charge in [0.1, 0.15) is 5.78 Å². The van der Waals surface area contributed by atoms with Gasteiger partial charge in [0.15, 0.2) is 23.0 Å². The Kier molecular flexibility index (Phi) is 9.71. The fourth-order valence-corrected chi connectivity index (χ4v) is 5.24. The van der Waals surface area contributed by atoms with E-state index in [1.807, 2.05) is 30.6 Å². The van der Waals surface area contributed by atoms with Gasteiger partial charge in [-0.1, -0.05) is 18.6 Å². The van der Waals surface area contributed by atoms with Gasteiger partial charge in [0.25, 0.3) is 0 Å². The monoisotopic (exact) mass is 521 g/mol. The molecule has 0 unspecified atom stereocenters. The number of hydrogen-bond acceptors (Lipinski definition) is 6. The molecular weight excluding hydrogens is 482 g/mol. The molecule has 4 N–H and O–H groups in total. The third-order valence-electron chi connectivity index (χ3n) is 7.45. The van der Waals surface area contributed by atoms with E-state index in [1.165, 1.54) is 13.5 Å². The number of methoxy groups -OCH3 is 1. The van der Waals surface area contributed by atoms with Crippen LogP contribution in [0.3, 0.4) is 0 Å². The summed E-state index contributed by atoms with van der Waals surface area (Å²) in [4.78, 5) is 15.9. The second-order valence-electron chi connectivity index (χ2n) is 10.4. The minimum Gasteiger partial charge on any atom is -0.504 e. The number of Topliss-reactive ketones (excluding diaryl/α,β-unsaturated/α-hetero) is 1. The molecule has 3 aromatic rings. The van der Waals surface area contributed by atoms with Crippen molar-refractivity contribution in [3.8, 4) is 23.0 Å². The van der Waals surface area contributed by atoms with Crippen LogP contribution in [-0.4, -0.2) is 45.4 Å². The summed E-state index contributed by atoms with van der Waals surface area (Å²) in [6.45, 7) is 0. The first-order valence-electron chi connectivity index (χ1n) is 13.6. The van der Waals surface area contributed by atoms with Gasteiger partial charge in [0.2, 0.25) is 0 Å². The topological polar surface area (TPSA) is 112 Å². The number of phenolic OH excluding ortho intramolecular Hbond substituents is 2. The summed E-state index contributed by atoms with van der Waals surface area (Å²) in [6, 6.07) is 12.4. The zero-order valence-corrected chi connectivity index (χ0v) is 22.1. The second kappa shape index (κ2) is 13.4. The Hall–Kier alpha value is -3.45. The Morgan fingerprint density at radius 2 is 1.63 bits per heavy atom. The van der Waals surface area contributed by atoms with E-state index in [2.05, 4.69) is 4.98 Å². The molecule has 204 valence electrons. The number of H-pyrrole nitrogens is 1. The number of aromatic amines is 1. The Bertz CT molecular complexity index is 1170. The molecule has 1 aromatic heterocycles. The Morgan fingerprint density at radius 3 is 2.34 bits per heavy atom. The van der Waals surface area contributed by atoms with Gasteiger partial charge >= 0.3 is 0 Å². The molecule has 1 aliphatic carbocycles. The van der Waals surface area contributed by atoms with Crippen molar-refractivity contribution in [1.82, 2.24) is 4.98 Å². The fraction of sp³-hybridized carbons (Fsp3) is 0.452. The number of nitrogens with one attached hydrogen (secondary N) is 1. The summed E-state index contributed by atoms with van der Waals surface area (Å²) in [5.74, 6) is 0.855. The van der Waals surface area contributed by atoms with Crippen molar-refractivity contribution in [3.05, 3.63) is 71.5 Å². The highest BCUT2D eigenvalue weighted by molar-refractivity contribution is 5.79. The highest BCUT2D eigenvalue weighted by atomic mass is 16.5. The summed E-state index contributed by atoms with van der Waals surface area (Å²) in [5.41, 5.74) is 2.91. The third-order valence-corrected chi connectivity index (χ3v) is 7.45. The van der Waals surface area contributed by atoms with Crippen molar-refractivity contribution < 1.29 is 29.6 Å². The molecule has 0 saturated heterocycles. The van der Waals surface area contributed by atoms with Gasteiger partial charge < -0.3 is 29.8 Å². The number of aliphatic hydroxyl groups excluding tert-OH is 1. The number of carbonyl (C=O) groups excluding carboxylic acids is 1. The normalized spacial score (nSPS) is 15.6. The maximum atomic E-state index is 12.8. The summed E-state index contributed by atoms with van der Waals surface area (Å²) >= 11 is 0. The first kappa shape index (κ1) is 27.6. The van der Waals surface area contributed by atoms with Crippen LogP contribution in [0.4, 0.5) is 0 Å². The molecule has 1 saturated carbocycles. The summed E-state index contributed by atoms with van der Waals surface area (Å²) in [5, 5.41) is 31.4. The average molecular weight is 522 g/mol. The third kappa shape index (κ3) is 7.78. The molecule has 7 nitrogen and oxygen atoms in total. The van der Waals surface area contributed by atoms with Crippen molar-refractivity contribution in [2.75, 3.05) is 7.11 Å². The SMILES string of the molecule is COc1cc(CCC(=O)C[C@@H](O)[C@H](Cc2cc[nH]c2)Cc2ccc(O)c(OC3CCCCC3)c2)ccc1O. The largest absolute Gasteiger partial charge is 0.504 e. The van der Waals surface area contributed by atoms with Crippen LogP contribution in [0.25, 0.3) is 0 Å². The first-order chi connectivity index (χ1) is 18.4. The predicted octanol–water partition coefficient (Wildman–Crippen LogP) is 5.50. The number of ether oxygens (including phenoxy) is 2. The lowest BCUT2D eigenvalue weighted by molar-refractivity contribution is -0.121. The van der Waals surface area contributed by atoms with Crippen LogP contribution in [0.15, 0.2) is 54.9 Å². The van der Waals surface area contributed by atoms with Crippen molar-refractivity contribution in [3.63, 3.8) is 0 Å². The van der Waals surface area contributed by atoms with Crippen LogP contribution in [0, 0.1) is 5.92 Å². The number of phenols is 2. The Morgan fingerprint density at radius 1 is 0.947 bits per heavy atom. The van der Waals surface area contributed by atoms with Crippen molar-refractivity contribution in [2.24, 2.45) is 5.92 Å². The maximum absolute atomic E-state index is 12.8. The van der Waals surface area contributed by atoms with E-state index < -0.39 is 6.10 Å². The molecule has 0 spiro atoms. The van der Waals surface area contributed by atoms with E-state index >= 15 is 0 Å². The van der Waals surface area contributed by atoms with Gasteiger partial charge in [-0.15, -0.1) is 0 Å². The molecule has 0 aliphatic heterocycles. The fourth-order valence-electron chi connectivity index (χ4n) is 5.24. The van der Waals surface area contributed by atoms with Crippen LogP contribution < -0.4 is 9.47 Å². The van der Waals surface area contributed by atoms with Crippen LogP contribution in [-0.2, 0) is 24.1 Å². The van der Waals surface area contributed by atoms with E-state index in [9.17, 15) is 20.1 Å². The van der Waals surface area contributed by atoms with Gasteiger partial charge in [-0.05, 0) is 97.9 Å². The lowest BCUT2D eigenvalue weighted by atomic mass is 9.86. The summed E-state index contributed by atoms with van der Waals surface area (Å²) in [7, 11) is 1.49. The van der Waals surface area contributed by atoms with Crippen LogP contribution in [0.5, 0.6) is 23.0 Å². The van der Waals surface area contributed by atoms with Gasteiger partial charge in [-0.3, -0.25) is 4.79 Å². The summed E-state index contributed by atoms with van der Waals surface area (Å²) in [6.07, 6.45) is 10.6. The average Bonchev–Trinajstić information content (AvgIpc) is 3.43. The number of rotatable bonds is 13. The van der Waals surface area contributed by atoms with Crippen LogP contribution >= 0.6 is 0 Å². The van der Waals surface area contributed by atoms with Gasteiger partial charge in [-0.25, -0.2) is 0 Å². The number of aliphatic hydroxyl groups is 1. The molecule has 0 amide bonds. The predicted molar refractivity (Wildman–Crippen MR) is 146 cm³/mol. The number of aromatic hydroxyl groups is 2. The quantitative estimate of drug-likeness (QED) is 0.236. The second-order valence-corrected chi connectivity index (χ2v) is 10.4. The van der Waals surface area contributed by atoms with Gasteiger partial charge in [-0.2, -0.15) is 0 Å². The van der Waals surface area contributed by atoms with Crippen molar-refractivity contribution in [1.29, 1.82) is 0 Å².